The number of nitrogens with zero attached hydrogens (tertiary/aromatic N) is 1. The van der Waals surface area contributed by atoms with Crippen LogP contribution in [-0.2, 0) is 9.68 Å². The molecule has 0 saturated carbocycles. The Labute approximate surface area is 74.0 Å². The van der Waals surface area contributed by atoms with Gasteiger partial charge in [0.2, 0.25) is 0 Å². The molecule has 0 aliphatic carbocycles. The minimum absolute atomic E-state index is 0.00694. The van der Waals surface area contributed by atoms with E-state index < -0.39 is 5.54 Å². The number of hydrogen-bond donors (Lipinski definition) is 1. The molecule has 0 fully saturated rings. The van der Waals surface area contributed by atoms with Crippen molar-refractivity contribution in [3.05, 3.63) is 0 Å². The van der Waals surface area contributed by atoms with Gasteiger partial charge >= 0.3 is 0 Å². The molecule has 0 unspecified atom stereocenters. The number of hydrogen-bond acceptors (Lipinski definition) is 4. The fraction of sp³-hybridized carbons (Fsp3) is 1.00. The molecular weight excluding hydrogens is 158 g/mol. The normalized spacial score (nSPS) is 12.5. The van der Waals surface area contributed by atoms with Crippen LogP contribution in [0.5, 0.6) is 0 Å². The molecule has 4 nitrogen and oxygen atoms in total. The van der Waals surface area contributed by atoms with E-state index in [1.54, 1.807) is 0 Å². The molecule has 74 valence electrons. The predicted octanol–water partition coefficient (Wildman–Crippen LogP) is 0.962. The Kier molecular flexibility index (Phi) is 5.41. The lowest BCUT2D eigenvalue weighted by molar-refractivity contribution is -0.408. The highest BCUT2D eigenvalue weighted by Gasteiger charge is 2.27. The monoisotopic (exact) mass is 177 g/mol. The first-order chi connectivity index (χ1) is 5.58. The third kappa shape index (κ3) is 3.49. The number of hydroxylamine groups is 2. The first-order valence-corrected chi connectivity index (χ1v) is 4.25. The molecule has 1 N–H and O–H groups in total. The molecule has 0 amide bonds. The minimum Gasteiger partial charge on any atom is -0.394 e. The van der Waals surface area contributed by atoms with Gasteiger partial charge in [0.1, 0.15) is 0 Å². The van der Waals surface area contributed by atoms with Crippen LogP contribution < -0.4 is 0 Å². The van der Waals surface area contributed by atoms with Crippen LogP contribution in [0.1, 0.15) is 27.7 Å². The topological polar surface area (TPSA) is 41.9 Å². The van der Waals surface area contributed by atoms with Crippen LogP contribution in [0.3, 0.4) is 0 Å². The zero-order valence-corrected chi connectivity index (χ0v) is 8.33. The summed E-state index contributed by atoms with van der Waals surface area (Å²) < 4.78 is 0. The standard InChI is InChI=1S/C8H19NO3/c1-5-11-9(12-6-2)8(3,4)7-10/h10H,5-7H2,1-4H3. The van der Waals surface area contributed by atoms with Gasteiger partial charge in [-0.3, -0.25) is 9.68 Å². The molecule has 0 aliphatic rings. The SMILES string of the molecule is CCON(OCC)C(C)(C)CO. The molecule has 0 rings (SSSR count). The summed E-state index contributed by atoms with van der Waals surface area (Å²) in [5, 5.41) is 10.4. The predicted molar refractivity (Wildman–Crippen MR) is 46.3 cm³/mol. The quantitative estimate of drug-likeness (QED) is 0.614. The zero-order valence-electron chi connectivity index (χ0n) is 8.33. The van der Waals surface area contributed by atoms with Crippen molar-refractivity contribution in [1.29, 1.82) is 0 Å². The fourth-order valence-electron chi connectivity index (χ4n) is 0.679. The van der Waals surface area contributed by atoms with Gasteiger partial charge in [-0.25, -0.2) is 0 Å². The van der Waals surface area contributed by atoms with Crippen molar-refractivity contribution < 1.29 is 14.8 Å². The minimum atomic E-state index is -0.494. The summed E-state index contributed by atoms with van der Waals surface area (Å²) in [5.74, 6) is 0. The van der Waals surface area contributed by atoms with Gasteiger partial charge in [0.05, 0.1) is 25.4 Å². The highest BCUT2D eigenvalue weighted by Crippen LogP contribution is 2.14. The van der Waals surface area contributed by atoms with Crippen LogP contribution in [0.15, 0.2) is 0 Å². The Morgan fingerprint density at radius 3 is 1.83 bits per heavy atom. The lowest BCUT2D eigenvalue weighted by Crippen LogP contribution is -2.46. The molecule has 0 radical (unpaired) electrons. The van der Waals surface area contributed by atoms with E-state index in [2.05, 4.69) is 0 Å². The molecule has 0 aliphatic heterocycles. The lowest BCUT2D eigenvalue weighted by Gasteiger charge is -2.33. The van der Waals surface area contributed by atoms with Gasteiger partial charge in [0, 0.05) is 0 Å². The van der Waals surface area contributed by atoms with E-state index in [9.17, 15) is 0 Å². The van der Waals surface area contributed by atoms with E-state index in [-0.39, 0.29) is 6.61 Å². The van der Waals surface area contributed by atoms with Gasteiger partial charge in [0.15, 0.2) is 0 Å². The zero-order chi connectivity index (χ0) is 9.61. The summed E-state index contributed by atoms with van der Waals surface area (Å²) in [7, 11) is 0. The Morgan fingerprint density at radius 1 is 1.17 bits per heavy atom. The lowest BCUT2D eigenvalue weighted by atomic mass is 10.1. The van der Waals surface area contributed by atoms with Crippen molar-refractivity contribution >= 4 is 0 Å². The van der Waals surface area contributed by atoms with Gasteiger partial charge in [-0.2, -0.15) is 0 Å². The van der Waals surface area contributed by atoms with Gasteiger partial charge in [0.25, 0.3) is 0 Å². The smallest absolute Gasteiger partial charge is 0.0910 e. The highest BCUT2D eigenvalue weighted by molar-refractivity contribution is 4.70. The van der Waals surface area contributed by atoms with E-state index in [0.29, 0.717) is 13.2 Å². The van der Waals surface area contributed by atoms with Gasteiger partial charge in [-0.1, -0.05) is 5.23 Å². The van der Waals surface area contributed by atoms with Gasteiger partial charge in [-0.05, 0) is 27.7 Å². The second-order valence-electron chi connectivity index (χ2n) is 3.06. The summed E-state index contributed by atoms with van der Waals surface area (Å²) in [6.07, 6.45) is 0. The third-order valence-corrected chi connectivity index (χ3v) is 1.37. The van der Waals surface area contributed by atoms with E-state index in [1.807, 2.05) is 27.7 Å². The van der Waals surface area contributed by atoms with Crippen molar-refractivity contribution in [2.45, 2.75) is 33.2 Å². The average molecular weight is 177 g/mol. The molecular formula is C8H19NO3. The van der Waals surface area contributed by atoms with Crippen LogP contribution in [0, 0.1) is 0 Å². The Morgan fingerprint density at radius 2 is 1.58 bits per heavy atom. The third-order valence-electron chi connectivity index (χ3n) is 1.37. The maximum absolute atomic E-state index is 9.02. The number of aliphatic hydroxyl groups excluding tert-OH is 1. The molecule has 0 saturated heterocycles. The van der Waals surface area contributed by atoms with Crippen molar-refractivity contribution in [3.8, 4) is 0 Å². The molecule has 0 heterocycles. The number of rotatable bonds is 6. The van der Waals surface area contributed by atoms with Crippen molar-refractivity contribution in [2.24, 2.45) is 0 Å². The van der Waals surface area contributed by atoms with Gasteiger partial charge in [-0.15, -0.1) is 0 Å². The van der Waals surface area contributed by atoms with Crippen molar-refractivity contribution in [2.75, 3.05) is 19.8 Å². The summed E-state index contributed by atoms with van der Waals surface area (Å²) >= 11 is 0. The van der Waals surface area contributed by atoms with E-state index in [1.165, 1.54) is 5.23 Å². The van der Waals surface area contributed by atoms with Crippen LogP contribution in [0.25, 0.3) is 0 Å². The Bertz CT molecular complexity index is 111. The van der Waals surface area contributed by atoms with E-state index in [4.69, 9.17) is 14.8 Å². The van der Waals surface area contributed by atoms with Crippen LogP contribution in [-0.4, -0.2) is 35.7 Å². The summed E-state index contributed by atoms with van der Waals surface area (Å²) in [6, 6.07) is 0. The highest BCUT2D eigenvalue weighted by atomic mass is 17.0. The molecule has 0 bridgehead atoms. The summed E-state index contributed by atoms with van der Waals surface area (Å²) in [4.78, 5) is 10.4. The maximum Gasteiger partial charge on any atom is 0.0910 e. The maximum atomic E-state index is 9.02. The van der Waals surface area contributed by atoms with Crippen molar-refractivity contribution in [3.63, 3.8) is 0 Å². The average Bonchev–Trinajstić information content (AvgIpc) is 2.04. The largest absolute Gasteiger partial charge is 0.394 e. The second kappa shape index (κ2) is 5.48. The first-order valence-electron chi connectivity index (χ1n) is 4.25. The van der Waals surface area contributed by atoms with Crippen molar-refractivity contribution in [1.82, 2.24) is 5.23 Å². The molecule has 0 spiro atoms. The molecule has 0 aromatic carbocycles. The fourth-order valence-corrected chi connectivity index (χ4v) is 0.679. The molecule has 0 aromatic heterocycles. The van der Waals surface area contributed by atoms with E-state index in [0.717, 1.165) is 0 Å². The molecule has 4 heteroatoms. The Hall–Kier alpha value is -0.160. The van der Waals surface area contributed by atoms with Crippen LogP contribution in [0.2, 0.25) is 0 Å². The molecule has 0 atom stereocenters. The summed E-state index contributed by atoms with van der Waals surface area (Å²) in [5.41, 5.74) is -0.494. The second-order valence-corrected chi connectivity index (χ2v) is 3.06. The van der Waals surface area contributed by atoms with E-state index >= 15 is 0 Å². The first kappa shape index (κ1) is 11.8. The van der Waals surface area contributed by atoms with Crippen LogP contribution >= 0.6 is 0 Å². The van der Waals surface area contributed by atoms with Crippen LogP contribution in [0.4, 0.5) is 0 Å². The Balaban J connectivity index is 4.07. The summed E-state index contributed by atoms with van der Waals surface area (Å²) in [6.45, 7) is 8.50. The number of aliphatic hydroxyl groups is 1. The molecule has 12 heavy (non-hydrogen) atoms. The molecule has 0 aromatic rings. The van der Waals surface area contributed by atoms with Gasteiger partial charge < -0.3 is 5.11 Å².